The number of carbonyl (C=O) groups excluding carboxylic acids is 1. The van der Waals surface area contributed by atoms with E-state index in [1.54, 1.807) is 5.01 Å². The summed E-state index contributed by atoms with van der Waals surface area (Å²) in [6.45, 7) is 1.85. The number of rotatable bonds is 3. The lowest BCUT2D eigenvalue weighted by Gasteiger charge is -2.21. The van der Waals surface area contributed by atoms with Crippen LogP contribution in [0.2, 0.25) is 5.02 Å². The molecule has 0 saturated heterocycles. The molecule has 1 aliphatic rings. The molecule has 4 heteroatoms. The molecule has 1 heterocycles. The van der Waals surface area contributed by atoms with Gasteiger partial charge in [-0.15, -0.1) is 0 Å². The van der Waals surface area contributed by atoms with Gasteiger partial charge in [0.15, 0.2) is 0 Å². The van der Waals surface area contributed by atoms with Crippen LogP contribution in [0.1, 0.15) is 36.9 Å². The van der Waals surface area contributed by atoms with Crippen molar-refractivity contribution in [2.24, 2.45) is 5.10 Å². The van der Waals surface area contributed by atoms with Crippen molar-refractivity contribution >= 4 is 23.2 Å². The molecule has 112 valence electrons. The van der Waals surface area contributed by atoms with Gasteiger partial charge in [0.05, 0.1) is 11.8 Å². The van der Waals surface area contributed by atoms with Crippen molar-refractivity contribution in [3.8, 4) is 0 Å². The minimum absolute atomic E-state index is 0.0240. The Balaban J connectivity index is 1.98. The number of benzene rings is 2. The minimum Gasteiger partial charge on any atom is -0.273 e. The molecule has 2 aromatic rings. The van der Waals surface area contributed by atoms with E-state index in [0.29, 0.717) is 17.9 Å². The second kappa shape index (κ2) is 6.32. The molecule has 1 aliphatic heterocycles. The van der Waals surface area contributed by atoms with E-state index in [1.165, 1.54) is 0 Å². The Bertz CT molecular complexity index is 712. The first-order valence-corrected chi connectivity index (χ1v) is 7.78. The molecule has 3 rings (SSSR count). The van der Waals surface area contributed by atoms with Crippen molar-refractivity contribution in [2.45, 2.75) is 25.8 Å². The molecule has 2 aromatic carbocycles. The predicted molar refractivity (Wildman–Crippen MR) is 88.9 cm³/mol. The first-order chi connectivity index (χ1) is 10.7. The van der Waals surface area contributed by atoms with Gasteiger partial charge < -0.3 is 0 Å². The molecular weight excluding hydrogens is 296 g/mol. The van der Waals surface area contributed by atoms with Crippen molar-refractivity contribution in [2.75, 3.05) is 0 Å². The molecule has 0 bridgehead atoms. The van der Waals surface area contributed by atoms with E-state index < -0.39 is 0 Å². The van der Waals surface area contributed by atoms with E-state index in [4.69, 9.17) is 11.6 Å². The van der Waals surface area contributed by atoms with Crippen LogP contribution in [0.25, 0.3) is 0 Å². The number of halogens is 1. The van der Waals surface area contributed by atoms with E-state index in [0.717, 1.165) is 16.8 Å². The van der Waals surface area contributed by atoms with Gasteiger partial charge >= 0.3 is 0 Å². The van der Waals surface area contributed by atoms with E-state index in [-0.39, 0.29) is 11.9 Å². The predicted octanol–water partition coefficient (Wildman–Crippen LogP) is 4.43. The third-order valence-electron chi connectivity index (χ3n) is 3.84. The topological polar surface area (TPSA) is 32.7 Å². The highest BCUT2D eigenvalue weighted by molar-refractivity contribution is 6.34. The van der Waals surface area contributed by atoms with Gasteiger partial charge in [-0.2, -0.15) is 5.10 Å². The molecule has 0 fully saturated rings. The molecule has 1 atom stereocenters. The third kappa shape index (κ3) is 2.77. The second-order valence-electron chi connectivity index (χ2n) is 5.25. The lowest BCUT2D eigenvalue weighted by molar-refractivity contribution is -0.132. The molecule has 0 aromatic heterocycles. The summed E-state index contributed by atoms with van der Waals surface area (Å²) in [7, 11) is 0. The molecule has 0 radical (unpaired) electrons. The molecule has 22 heavy (non-hydrogen) atoms. The lowest BCUT2D eigenvalue weighted by atomic mass is 9.98. The zero-order chi connectivity index (χ0) is 15.5. The summed E-state index contributed by atoms with van der Waals surface area (Å²) < 4.78 is 0. The number of hydrogen-bond acceptors (Lipinski definition) is 2. The number of carbonyl (C=O) groups is 1. The summed E-state index contributed by atoms with van der Waals surface area (Å²) in [4.78, 5) is 12.2. The Hall–Kier alpha value is -2.13. The van der Waals surface area contributed by atoms with Crippen molar-refractivity contribution in [1.29, 1.82) is 0 Å². The Morgan fingerprint density at radius 3 is 2.55 bits per heavy atom. The molecule has 0 saturated carbocycles. The van der Waals surface area contributed by atoms with Crippen LogP contribution in [0.15, 0.2) is 59.7 Å². The summed E-state index contributed by atoms with van der Waals surface area (Å²) >= 11 is 6.27. The van der Waals surface area contributed by atoms with Crippen molar-refractivity contribution in [1.82, 2.24) is 5.01 Å². The number of amides is 1. The monoisotopic (exact) mass is 312 g/mol. The Labute approximate surface area is 135 Å². The maximum absolute atomic E-state index is 12.2. The summed E-state index contributed by atoms with van der Waals surface area (Å²) in [5.41, 5.74) is 2.85. The van der Waals surface area contributed by atoms with Gasteiger partial charge in [-0.1, -0.05) is 67.1 Å². The van der Waals surface area contributed by atoms with E-state index >= 15 is 0 Å². The maximum Gasteiger partial charge on any atom is 0.242 e. The Kier molecular flexibility index (Phi) is 4.25. The molecule has 0 spiro atoms. The summed E-state index contributed by atoms with van der Waals surface area (Å²) in [5, 5.41) is 6.83. The summed E-state index contributed by atoms with van der Waals surface area (Å²) in [6.07, 6.45) is 1.11. The SMILES string of the molecule is CCC(=O)N1N=C(c2ccccc2Cl)CC1c1ccccc1. The highest BCUT2D eigenvalue weighted by Gasteiger charge is 2.32. The van der Waals surface area contributed by atoms with Gasteiger partial charge in [0, 0.05) is 23.4 Å². The number of hydrazone groups is 1. The largest absolute Gasteiger partial charge is 0.273 e. The van der Waals surface area contributed by atoms with Crippen LogP contribution in [-0.2, 0) is 4.79 Å². The van der Waals surface area contributed by atoms with Crippen molar-refractivity contribution in [3.63, 3.8) is 0 Å². The van der Waals surface area contributed by atoms with Gasteiger partial charge in [-0.3, -0.25) is 4.79 Å². The van der Waals surface area contributed by atoms with Crippen molar-refractivity contribution < 1.29 is 4.79 Å². The molecular formula is C18H17ClN2O. The average molecular weight is 313 g/mol. The van der Waals surface area contributed by atoms with Gasteiger partial charge in [0.25, 0.3) is 0 Å². The standard InChI is InChI=1S/C18H17ClN2O/c1-2-18(22)21-17(13-8-4-3-5-9-13)12-16(20-21)14-10-6-7-11-15(14)19/h3-11,17H,2,12H2,1H3. The number of nitrogens with zero attached hydrogens (tertiary/aromatic N) is 2. The summed E-state index contributed by atoms with van der Waals surface area (Å²) in [5.74, 6) is 0.0240. The smallest absolute Gasteiger partial charge is 0.242 e. The molecule has 0 aliphatic carbocycles. The van der Waals surface area contributed by atoms with E-state index in [2.05, 4.69) is 5.10 Å². The molecule has 3 nitrogen and oxygen atoms in total. The lowest BCUT2D eigenvalue weighted by Crippen LogP contribution is -2.26. The Morgan fingerprint density at radius 1 is 1.18 bits per heavy atom. The number of hydrogen-bond donors (Lipinski definition) is 0. The van der Waals surface area contributed by atoms with Crippen LogP contribution in [0.3, 0.4) is 0 Å². The zero-order valence-corrected chi connectivity index (χ0v) is 13.1. The zero-order valence-electron chi connectivity index (χ0n) is 12.4. The highest BCUT2D eigenvalue weighted by atomic mass is 35.5. The van der Waals surface area contributed by atoms with Crippen LogP contribution in [0.4, 0.5) is 0 Å². The first-order valence-electron chi connectivity index (χ1n) is 7.40. The first kappa shape index (κ1) is 14.8. The summed E-state index contributed by atoms with van der Waals surface area (Å²) in [6, 6.07) is 17.6. The van der Waals surface area contributed by atoms with Crippen LogP contribution < -0.4 is 0 Å². The van der Waals surface area contributed by atoms with Gasteiger partial charge in [0.1, 0.15) is 0 Å². The fourth-order valence-corrected chi connectivity index (χ4v) is 2.94. The fourth-order valence-electron chi connectivity index (χ4n) is 2.70. The minimum atomic E-state index is -0.0556. The van der Waals surface area contributed by atoms with Crippen LogP contribution in [-0.4, -0.2) is 16.6 Å². The highest BCUT2D eigenvalue weighted by Crippen LogP contribution is 2.34. The van der Waals surface area contributed by atoms with Crippen molar-refractivity contribution in [3.05, 3.63) is 70.7 Å². The van der Waals surface area contributed by atoms with Gasteiger partial charge in [-0.25, -0.2) is 5.01 Å². The second-order valence-corrected chi connectivity index (χ2v) is 5.66. The fraction of sp³-hybridized carbons (Fsp3) is 0.222. The van der Waals surface area contributed by atoms with Crippen LogP contribution in [0.5, 0.6) is 0 Å². The van der Waals surface area contributed by atoms with Crippen LogP contribution >= 0.6 is 11.6 Å². The maximum atomic E-state index is 12.2. The van der Waals surface area contributed by atoms with Gasteiger partial charge in [0.2, 0.25) is 5.91 Å². The van der Waals surface area contributed by atoms with Crippen LogP contribution in [0, 0.1) is 0 Å². The van der Waals surface area contributed by atoms with Gasteiger partial charge in [-0.05, 0) is 11.6 Å². The quantitative estimate of drug-likeness (QED) is 0.825. The normalized spacial score (nSPS) is 17.5. The molecule has 1 unspecified atom stereocenters. The van der Waals surface area contributed by atoms with E-state index in [1.807, 2.05) is 61.5 Å². The molecule has 0 N–H and O–H groups in total. The van der Waals surface area contributed by atoms with E-state index in [9.17, 15) is 4.79 Å². The molecule has 1 amide bonds. The Morgan fingerprint density at radius 2 is 1.86 bits per heavy atom. The average Bonchev–Trinajstić information content (AvgIpc) is 3.00. The third-order valence-corrected chi connectivity index (χ3v) is 4.17.